The van der Waals surface area contributed by atoms with Crippen molar-refractivity contribution in [3.05, 3.63) is 29.3 Å². The molecule has 0 atom stereocenters. The second-order valence-electron chi connectivity index (χ2n) is 3.16. The molecule has 0 aromatic heterocycles. The van der Waals surface area contributed by atoms with E-state index in [1.807, 2.05) is 12.1 Å². The Morgan fingerprint density at radius 1 is 1.00 bits per heavy atom. The maximum atomic E-state index is 9.19. The molecule has 0 bridgehead atoms. The summed E-state index contributed by atoms with van der Waals surface area (Å²) >= 11 is 0. The zero-order valence-electron chi connectivity index (χ0n) is 6.92. The maximum Gasteiger partial charge on any atom is 0.115 e. The summed E-state index contributed by atoms with van der Waals surface area (Å²) in [5, 5.41) is 9.19. The lowest BCUT2D eigenvalue weighted by molar-refractivity contribution is 0.473. The van der Waals surface area contributed by atoms with Crippen LogP contribution in [-0.2, 0) is 12.8 Å². The molecule has 1 nitrogen and oxygen atoms in total. The van der Waals surface area contributed by atoms with Crippen molar-refractivity contribution in [3.8, 4) is 5.75 Å². The lowest BCUT2D eigenvalue weighted by atomic mass is 9.92. The molecule has 0 radical (unpaired) electrons. The highest BCUT2D eigenvalue weighted by Gasteiger charge is 2.08. The van der Waals surface area contributed by atoms with E-state index in [1.54, 1.807) is 6.07 Å². The first kappa shape index (κ1) is 9.40. The molecule has 1 aromatic rings. The van der Waals surface area contributed by atoms with Gasteiger partial charge in [0, 0.05) is 0 Å². The van der Waals surface area contributed by atoms with Crippen LogP contribution in [-0.4, -0.2) is 5.11 Å². The molecule has 0 aliphatic heterocycles. The van der Waals surface area contributed by atoms with Gasteiger partial charge in [0.15, 0.2) is 0 Å². The number of aryl methyl sites for hydroxylation is 2. The van der Waals surface area contributed by atoms with Crippen molar-refractivity contribution in [2.75, 3.05) is 0 Å². The minimum atomic E-state index is 0. The Morgan fingerprint density at radius 3 is 2.42 bits per heavy atom. The topological polar surface area (TPSA) is 20.2 Å². The Labute approximate surface area is 78.8 Å². The number of rotatable bonds is 0. The molecular weight excluding hydrogens is 172 g/mol. The number of benzene rings is 1. The van der Waals surface area contributed by atoms with Crippen molar-refractivity contribution in [2.45, 2.75) is 25.7 Å². The summed E-state index contributed by atoms with van der Waals surface area (Å²) in [5.74, 6) is 0.408. The largest absolute Gasteiger partial charge is 0.508 e. The molecule has 0 saturated heterocycles. The molecule has 0 spiro atoms. The van der Waals surface area contributed by atoms with Crippen LogP contribution in [0.2, 0.25) is 0 Å². The number of hydrogen-bond acceptors (Lipinski definition) is 1. The van der Waals surface area contributed by atoms with Gasteiger partial charge in [-0.25, -0.2) is 0 Å². The van der Waals surface area contributed by atoms with Gasteiger partial charge in [0.1, 0.15) is 5.75 Å². The molecule has 0 fully saturated rings. The fourth-order valence-corrected chi connectivity index (χ4v) is 1.72. The van der Waals surface area contributed by atoms with Crippen LogP contribution in [0.5, 0.6) is 5.75 Å². The predicted octanol–water partition coefficient (Wildman–Crippen LogP) is 2.69. The van der Waals surface area contributed by atoms with Crippen molar-refractivity contribution >= 4 is 12.4 Å². The molecule has 2 heteroatoms. The molecular formula is C10H13ClO. The zero-order valence-corrected chi connectivity index (χ0v) is 7.73. The van der Waals surface area contributed by atoms with Gasteiger partial charge in [0.2, 0.25) is 0 Å². The summed E-state index contributed by atoms with van der Waals surface area (Å²) in [4.78, 5) is 0. The Morgan fingerprint density at radius 2 is 1.67 bits per heavy atom. The van der Waals surface area contributed by atoms with Crippen LogP contribution in [0.15, 0.2) is 18.2 Å². The molecule has 0 saturated carbocycles. The van der Waals surface area contributed by atoms with Crippen LogP contribution in [0.1, 0.15) is 24.0 Å². The van der Waals surface area contributed by atoms with Crippen LogP contribution in [0.3, 0.4) is 0 Å². The van der Waals surface area contributed by atoms with Gasteiger partial charge in [-0.1, -0.05) is 6.07 Å². The molecule has 12 heavy (non-hydrogen) atoms. The minimum Gasteiger partial charge on any atom is -0.508 e. The maximum absolute atomic E-state index is 9.19. The van der Waals surface area contributed by atoms with Gasteiger partial charge in [0.25, 0.3) is 0 Å². The van der Waals surface area contributed by atoms with Crippen molar-refractivity contribution in [1.82, 2.24) is 0 Å². The lowest BCUT2D eigenvalue weighted by Crippen LogP contribution is -2.01. The van der Waals surface area contributed by atoms with Crippen LogP contribution in [0.25, 0.3) is 0 Å². The van der Waals surface area contributed by atoms with Gasteiger partial charge in [-0.15, -0.1) is 12.4 Å². The summed E-state index contributed by atoms with van der Waals surface area (Å²) in [6, 6.07) is 5.72. The zero-order chi connectivity index (χ0) is 7.68. The van der Waals surface area contributed by atoms with Crippen molar-refractivity contribution < 1.29 is 5.11 Å². The van der Waals surface area contributed by atoms with Gasteiger partial charge in [0.05, 0.1) is 0 Å². The third kappa shape index (κ3) is 1.72. The van der Waals surface area contributed by atoms with Gasteiger partial charge in [-0.2, -0.15) is 0 Å². The van der Waals surface area contributed by atoms with Gasteiger partial charge >= 0.3 is 0 Å². The molecule has 1 N–H and O–H groups in total. The van der Waals surface area contributed by atoms with E-state index in [0.717, 1.165) is 6.42 Å². The quantitative estimate of drug-likeness (QED) is 0.658. The smallest absolute Gasteiger partial charge is 0.115 e. The fraction of sp³-hybridized carbons (Fsp3) is 0.400. The van der Waals surface area contributed by atoms with Crippen LogP contribution in [0, 0.1) is 0 Å². The van der Waals surface area contributed by atoms with Crippen molar-refractivity contribution in [2.24, 2.45) is 0 Å². The Bertz CT molecular complexity index is 271. The highest BCUT2D eigenvalue weighted by atomic mass is 35.5. The predicted molar refractivity (Wildman–Crippen MR) is 52.0 cm³/mol. The van der Waals surface area contributed by atoms with E-state index >= 15 is 0 Å². The monoisotopic (exact) mass is 184 g/mol. The van der Waals surface area contributed by atoms with E-state index in [0.29, 0.717) is 5.75 Å². The van der Waals surface area contributed by atoms with Crippen molar-refractivity contribution in [3.63, 3.8) is 0 Å². The Hall–Kier alpha value is -0.690. The van der Waals surface area contributed by atoms with Gasteiger partial charge in [-0.05, 0) is 48.9 Å². The third-order valence-electron chi connectivity index (χ3n) is 2.33. The summed E-state index contributed by atoms with van der Waals surface area (Å²) in [6.07, 6.45) is 4.91. The lowest BCUT2D eigenvalue weighted by Gasteiger charge is -2.14. The number of hydrogen-bond donors (Lipinski definition) is 1. The van der Waals surface area contributed by atoms with E-state index in [1.165, 1.54) is 30.4 Å². The average molecular weight is 185 g/mol. The minimum absolute atomic E-state index is 0. The standard InChI is InChI=1S/C10H12O.ClH/c11-10-6-5-8-3-1-2-4-9(8)7-10;/h5-7,11H,1-4H2;1H. The molecule has 0 heterocycles. The number of aromatic hydroxyl groups is 1. The summed E-state index contributed by atoms with van der Waals surface area (Å²) in [7, 11) is 0. The second kappa shape index (κ2) is 3.81. The number of fused-ring (bicyclic) bond motifs is 1. The molecule has 0 unspecified atom stereocenters. The number of halogens is 1. The molecule has 66 valence electrons. The SMILES string of the molecule is Cl.Oc1ccc2c(c1)CCCC2. The van der Waals surface area contributed by atoms with E-state index in [9.17, 15) is 5.11 Å². The van der Waals surface area contributed by atoms with E-state index in [2.05, 4.69) is 0 Å². The van der Waals surface area contributed by atoms with E-state index < -0.39 is 0 Å². The molecule has 1 aliphatic rings. The fourth-order valence-electron chi connectivity index (χ4n) is 1.72. The van der Waals surface area contributed by atoms with Crippen LogP contribution < -0.4 is 0 Å². The summed E-state index contributed by atoms with van der Waals surface area (Å²) in [6.45, 7) is 0. The Balaban J connectivity index is 0.000000720. The third-order valence-corrected chi connectivity index (χ3v) is 2.33. The first-order valence-corrected chi connectivity index (χ1v) is 4.17. The van der Waals surface area contributed by atoms with E-state index in [4.69, 9.17) is 0 Å². The highest BCUT2D eigenvalue weighted by Crippen LogP contribution is 2.24. The first-order chi connectivity index (χ1) is 5.36. The van der Waals surface area contributed by atoms with Crippen LogP contribution in [0.4, 0.5) is 0 Å². The molecule has 1 aliphatic carbocycles. The summed E-state index contributed by atoms with van der Waals surface area (Å²) in [5.41, 5.74) is 2.77. The van der Waals surface area contributed by atoms with Gasteiger partial charge in [-0.3, -0.25) is 0 Å². The first-order valence-electron chi connectivity index (χ1n) is 4.17. The molecule has 1 aromatic carbocycles. The van der Waals surface area contributed by atoms with Crippen LogP contribution >= 0.6 is 12.4 Å². The Kier molecular flexibility index (Phi) is 2.99. The normalized spacial score (nSPS) is 14.7. The summed E-state index contributed by atoms with van der Waals surface area (Å²) < 4.78 is 0. The van der Waals surface area contributed by atoms with Gasteiger partial charge < -0.3 is 5.11 Å². The highest BCUT2D eigenvalue weighted by molar-refractivity contribution is 5.85. The molecule has 0 amide bonds. The molecule has 2 rings (SSSR count). The second-order valence-corrected chi connectivity index (χ2v) is 3.16. The van der Waals surface area contributed by atoms with Crippen molar-refractivity contribution in [1.29, 1.82) is 0 Å². The average Bonchev–Trinajstić information content (AvgIpc) is 2.04. The van der Waals surface area contributed by atoms with E-state index in [-0.39, 0.29) is 12.4 Å². The number of phenolic OH excluding ortho intramolecular Hbond substituents is 1. The number of phenols is 1.